The number of hydrogen-bond donors (Lipinski definition) is 0. The van der Waals surface area contributed by atoms with E-state index in [0.717, 1.165) is 44.5 Å². The number of benzene rings is 1. The second-order valence-electron chi connectivity index (χ2n) is 8.93. The number of carbonyl (C=O) groups excluding carboxylic acids is 2. The molecule has 27 heavy (non-hydrogen) atoms. The highest BCUT2D eigenvalue weighted by atomic mass is 16.5. The number of Topliss-reactive ketones (excluding diaryl/α,β-unsaturated/α-hetero) is 1. The molecule has 2 saturated carbocycles. The van der Waals surface area contributed by atoms with E-state index in [1.54, 1.807) is 0 Å². The summed E-state index contributed by atoms with van der Waals surface area (Å²) in [6.45, 7) is 1.95. The van der Waals surface area contributed by atoms with E-state index < -0.39 is 5.54 Å². The summed E-state index contributed by atoms with van der Waals surface area (Å²) < 4.78 is 5.25. The van der Waals surface area contributed by atoms with Gasteiger partial charge in [0.1, 0.15) is 5.78 Å². The predicted molar refractivity (Wildman–Crippen MR) is 101 cm³/mol. The fourth-order valence-electron chi connectivity index (χ4n) is 7.39. The average molecular weight is 364 g/mol. The zero-order chi connectivity index (χ0) is 18.4. The van der Waals surface area contributed by atoms with Crippen LogP contribution in [-0.2, 0) is 14.9 Å². The van der Waals surface area contributed by atoms with Gasteiger partial charge in [-0.2, -0.15) is 0 Å². The van der Waals surface area contributed by atoms with Crippen LogP contribution in [0.4, 0.5) is 10.5 Å². The van der Waals surface area contributed by atoms with Crippen LogP contribution in [0.3, 0.4) is 0 Å². The summed E-state index contributed by atoms with van der Waals surface area (Å²) in [4.78, 5) is 30.9. The number of para-hydroxylation sites is 1. The number of ether oxygens (including phenoxy) is 1. The first-order valence-corrected chi connectivity index (χ1v) is 10.0. The van der Waals surface area contributed by atoms with Crippen LogP contribution >= 0.6 is 0 Å². The van der Waals surface area contributed by atoms with Gasteiger partial charge in [0.05, 0.1) is 18.3 Å². The first kappa shape index (κ1) is 15.9. The van der Waals surface area contributed by atoms with Crippen LogP contribution in [0.15, 0.2) is 36.4 Å². The largest absolute Gasteiger partial charge is 0.452 e. The van der Waals surface area contributed by atoms with E-state index >= 15 is 0 Å². The lowest BCUT2D eigenvalue weighted by molar-refractivity contribution is -0.123. The molecule has 4 heterocycles. The Bertz CT molecular complexity index is 911. The van der Waals surface area contributed by atoms with Gasteiger partial charge < -0.3 is 4.74 Å². The minimum Gasteiger partial charge on any atom is -0.452 e. The van der Waals surface area contributed by atoms with Crippen molar-refractivity contribution >= 4 is 17.6 Å². The Hall–Kier alpha value is -2.14. The maximum atomic E-state index is 13.4. The van der Waals surface area contributed by atoms with Crippen molar-refractivity contribution in [2.75, 3.05) is 25.1 Å². The third-order valence-corrected chi connectivity index (χ3v) is 8.38. The monoisotopic (exact) mass is 364 g/mol. The summed E-state index contributed by atoms with van der Waals surface area (Å²) in [7, 11) is 1.45. The average Bonchev–Trinajstić information content (AvgIpc) is 3.24. The molecule has 1 amide bonds. The van der Waals surface area contributed by atoms with E-state index in [4.69, 9.17) is 4.74 Å². The molecule has 5 nitrogen and oxygen atoms in total. The Labute approximate surface area is 159 Å². The zero-order valence-corrected chi connectivity index (χ0v) is 15.6. The molecule has 4 fully saturated rings. The molecule has 2 aliphatic carbocycles. The lowest BCUT2D eigenvalue weighted by Crippen LogP contribution is -2.68. The minimum atomic E-state index is -0.464. The van der Waals surface area contributed by atoms with Crippen LogP contribution in [0.25, 0.3) is 0 Å². The molecule has 0 radical (unpaired) electrons. The molecule has 1 aromatic rings. The van der Waals surface area contributed by atoms with Crippen LogP contribution in [0.1, 0.15) is 37.7 Å². The topological polar surface area (TPSA) is 49.9 Å². The first-order chi connectivity index (χ1) is 13.1. The van der Waals surface area contributed by atoms with E-state index in [1.807, 2.05) is 23.1 Å². The molecule has 140 valence electrons. The van der Waals surface area contributed by atoms with E-state index in [0.29, 0.717) is 12.2 Å². The fourth-order valence-corrected chi connectivity index (χ4v) is 7.39. The molecule has 2 saturated heterocycles. The van der Waals surface area contributed by atoms with Crippen molar-refractivity contribution in [1.82, 2.24) is 4.90 Å². The molecule has 0 aromatic heterocycles. The Morgan fingerprint density at radius 1 is 1.22 bits per heavy atom. The molecule has 4 unspecified atom stereocenters. The zero-order valence-electron chi connectivity index (χ0n) is 15.6. The summed E-state index contributed by atoms with van der Waals surface area (Å²) >= 11 is 0. The molecule has 4 bridgehead atoms. The van der Waals surface area contributed by atoms with Gasteiger partial charge in [-0.1, -0.05) is 30.4 Å². The molecule has 5 heteroatoms. The molecule has 6 aliphatic rings. The van der Waals surface area contributed by atoms with E-state index in [-0.39, 0.29) is 23.0 Å². The summed E-state index contributed by atoms with van der Waals surface area (Å²) in [5, 5.41) is 0. The van der Waals surface area contributed by atoms with E-state index in [2.05, 4.69) is 23.1 Å². The van der Waals surface area contributed by atoms with Gasteiger partial charge in [0.25, 0.3) is 0 Å². The van der Waals surface area contributed by atoms with Gasteiger partial charge >= 0.3 is 6.09 Å². The molecule has 4 aliphatic heterocycles. The molecule has 0 N–H and O–H groups in total. The van der Waals surface area contributed by atoms with Gasteiger partial charge in [-0.25, -0.2) is 4.79 Å². The molecule has 7 rings (SSSR count). The van der Waals surface area contributed by atoms with E-state index in [9.17, 15) is 9.59 Å². The van der Waals surface area contributed by atoms with Gasteiger partial charge in [-0.05, 0) is 37.3 Å². The minimum absolute atomic E-state index is 0.00135. The SMILES string of the molecule is COC(=O)N1c2ccccc2C23CCN4CC=CC45CCC12C(C5)C(=O)C3. The lowest BCUT2D eigenvalue weighted by atomic mass is 9.56. The smallest absolute Gasteiger partial charge is 0.414 e. The first-order valence-electron chi connectivity index (χ1n) is 10.0. The van der Waals surface area contributed by atoms with Crippen LogP contribution in [0.5, 0.6) is 0 Å². The normalized spacial score (nSPS) is 41.1. The number of amides is 1. The second-order valence-corrected chi connectivity index (χ2v) is 8.93. The molecular weight excluding hydrogens is 340 g/mol. The number of methoxy groups -OCH3 is 1. The van der Waals surface area contributed by atoms with Crippen LogP contribution < -0.4 is 4.90 Å². The van der Waals surface area contributed by atoms with Gasteiger partial charge in [0.15, 0.2) is 0 Å². The lowest BCUT2D eigenvalue weighted by Gasteiger charge is -2.58. The predicted octanol–water partition coefficient (Wildman–Crippen LogP) is 3.04. The number of ketones is 1. The second kappa shape index (κ2) is 4.82. The number of hydrogen-bond acceptors (Lipinski definition) is 4. The van der Waals surface area contributed by atoms with Crippen LogP contribution in [-0.4, -0.2) is 48.1 Å². The summed E-state index contributed by atoms with van der Waals surface area (Å²) in [5.41, 5.74) is 1.38. The standard InChI is InChI=1S/C22H24N2O3/c1-27-19(26)24-17-6-3-2-5-15(17)21-10-12-23-11-4-7-20(23)8-9-22(21,24)16(13-20)18(25)14-21/h2-7,16H,8-14H2,1H3. The third-order valence-electron chi connectivity index (χ3n) is 8.38. The van der Waals surface area contributed by atoms with Crippen molar-refractivity contribution in [1.29, 1.82) is 0 Å². The van der Waals surface area contributed by atoms with Gasteiger partial charge in [0.2, 0.25) is 0 Å². The maximum Gasteiger partial charge on any atom is 0.414 e. The van der Waals surface area contributed by atoms with Crippen molar-refractivity contribution in [3.63, 3.8) is 0 Å². The number of rotatable bonds is 0. The number of carbonyl (C=O) groups is 2. The summed E-state index contributed by atoms with van der Waals surface area (Å²) in [5.74, 6) is 0.211. The summed E-state index contributed by atoms with van der Waals surface area (Å²) in [6, 6.07) is 8.21. The molecule has 4 atom stereocenters. The highest BCUT2D eigenvalue weighted by Crippen LogP contribution is 2.69. The molecule has 1 aromatic carbocycles. The Morgan fingerprint density at radius 3 is 2.93 bits per heavy atom. The van der Waals surface area contributed by atoms with Crippen molar-refractivity contribution in [2.45, 2.75) is 48.6 Å². The van der Waals surface area contributed by atoms with Gasteiger partial charge in [0, 0.05) is 36.4 Å². The van der Waals surface area contributed by atoms with Crippen molar-refractivity contribution in [2.24, 2.45) is 5.92 Å². The number of anilines is 1. The Kier molecular flexibility index (Phi) is 2.83. The highest BCUT2D eigenvalue weighted by Gasteiger charge is 2.75. The maximum absolute atomic E-state index is 13.4. The Balaban J connectivity index is 1.64. The Morgan fingerprint density at radius 2 is 2.07 bits per heavy atom. The quantitative estimate of drug-likeness (QED) is 0.664. The van der Waals surface area contributed by atoms with Crippen molar-refractivity contribution in [3.05, 3.63) is 42.0 Å². The summed E-state index contributed by atoms with van der Waals surface area (Å²) in [6.07, 6.45) is 8.43. The van der Waals surface area contributed by atoms with Crippen molar-refractivity contribution < 1.29 is 14.3 Å². The van der Waals surface area contributed by atoms with Crippen LogP contribution in [0, 0.1) is 5.92 Å². The van der Waals surface area contributed by atoms with Gasteiger partial charge in [-0.15, -0.1) is 0 Å². The highest BCUT2D eigenvalue weighted by molar-refractivity contribution is 6.01. The fraction of sp³-hybridized carbons (Fsp3) is 0.545. The van der Waals surface area contributed by atoms with Crippen molar-refractivity contribution in [3.8, 4) is 0 Å². The van der Waals surface area contributed by atoms with Crippen LogP contribution in [0.2, 0.25) is 0 Å². The molecule has 2 spiro atoms. The molecular formula is C22H24N2O3. The third kappa shape index (κ3) is 1.55. The van der Waals surface area contributed by atoms with E-state index in [1.165, 1.54) is 12.7 Å². The van der Waals surface area contributed by atoms with Gasteiger partial charge in [-0.3, -0.25) is 14.6 Å². The number of nitrogens with zero attached hydrogens (tertiary/aromatic N) is 2. The number of fused-ring (bicyclic) bond motifs is 3.